The van der Waals surface area contributed by atoms with Gasteiger partial charge in [-0.1, -0.05) is 34.7 Å². The Morgan fingerprint density at radius 3 is 3.00 bits per heavy atom. The van der Waals surface area contributed by atoms with Crippen LogP contribution in [0.3, 0.4) is 0 Å². The van der Waals surface area contributed by atoms with Crippen LogP contribution >= 0.6 is 34.7 Å². The van der Waals surface area contributed by atoms with Crippen molar-refractivity contribution < 1.29 is 0 Å². The number of rotatable bonds is 5. The molecule has 0 aromatic carbocycles. The second kappa shape index (κ2) is 6.21. The van der Waals surface area contributed by atoms with Gasteiger partial charge < -0.3 is 9.72 Å². The van der Waals surface area contributed by atoms with E-state index in [1.807, 2.05) is 28.9 Å². The van der Waals surface area contributed by atoms with Gasteiger partial charge in [0.2, 0.25) is 5.13 Å². The van der Waals surface area contributed by atoms with Crippen LogP contribution in [0.25, 0.3) is 5.65 Å². The molecule has 21 heavy (non-hydrogen) atoms. The van der Waals surface area contributed by atoms with Crippen LogP contribution in [-0.4, -0.2) is 25.6 Å². The lowest BCUT2D eigenvalue weighted by atomic mass is 10.4. The van der Waals surface area contributed by atoms with Crippen LogP contribution < -0.4 is 5.32 Å². The van der Waals surface area contributed by atoms with Crippen molar-refractivity contribution in [3.8, 4) is 0 Å². The molecule has 0 atom stereocenters. The van der Waals surface area contributed by atoms with E-state index in [0.717, 1.165) is 26.6 Å². The van der Waals surface area contributed by atoms with Crippen LogP contribution in [0.5, 0.6) is 0 Å². The van der Waals surface area contributed by atoms with Crippen LogP contribution in [0.2, 0.25) is 5.02 Å². The second-order valence-corrected chi connectivity index (χ2v) is 7.44. The number of pyridine rings is 1. The summed E-state index contributed by atoms with van der Waals surface area (Å²) >= 11 is 9.17. The van der Waals surface area contributed by atoms with Gasteiger partial charge in [-0.3, -0.25) is 0 Å². The molecule has 0 radical (unpaired) electrons. The first-order valence-corrected chi connectivity index (χ1v) is 8.64. The lowest BCUT2D eigenvalue weighted by molar-refractivity contribution is 0.883. The van der Waals surface area contributed by atoms with Crippen LogP contribution in [0.15, 0.2) is 28.9 Å². The topological polar surface area (TPSA) is 55.1 Å². The Kier molecular flexibility index (Phi) is 4.32. The summed E-state index contributed by atoms with van der Waals surface area (Å²) < 4.78 is 2.87. The van der Waals surface area contributed by atoms with E-state index in [1.54, 1.807) is 23.1 Å². The SMILES string of the molecule is CC(C)Nc1nnc(SCc2cn3cc(Cl)ccc3n2)s1. The lowest BCUT2D eigenvalue weighted by Crippen LogP contribution is -2.08. The number of imidazole rings is 1. The largest absolute Gasteiger partial charge is 0.358 e. The molecule has 1 N–H and O–H groups in total. The summed E-state index contributed by atoms with van der Waals surface area (Å²) in [6, 6.07) is 4.11. The standard InChI is InChI=1S/C13H14ClN5S2/c1-8(2)15-12-17-18-13(21-12)20-7-10-6-19-5-9(14)3-4-11(19)16-10/h3-6,8H,7H2,1-2H3,(H,15,17). The Bertz CT molecular complexity index is 752. The Morgan fingerprint density at radius 2 is 2.19 bits per heavy atom. The first-order valence-electron chi connectivity index (χ1n) is 6.46. The summed E-state index contributed by atoms with van der Waals surface area (Å²) in [5.41, 5.74) is 1.89. The normalized spacial score (nSPS) is 11.4. The van der Waals surface area contributed by atoms with E-state index >= 15 is 0 Å². The highest BCUT2D eigenvalue weighted by molar-refractivity contribution is 8.00. The fraction of sp³-hybridized carbons (Fsp3) is 0.308. The Balaban J connectivity index is 1.67. The fourth-order valence-electron chi connectivity index (χ4n) is 1.80. The van der Waals surface area contributed by atoms with E-state index < -0.39 is 0 Å². The van der Waals surface area contributed by atoms with Crippen molar-refractivity contribution in [3.05, 3.63) is 35.2 Å². The molecule has 0 saturated heterocycles. The van der Waals surface area contributed by atoms with E-state index in [-0.39, 0.29) is 0 Å². The van der Waals surface area contributed by atoms with E-state index in [0.29, 0.717) is 11.1 Å². The molecule has 0 amide bonds. The lowest BCUT2D eigenvalue weighted by Gasteiger charge is -2.02. The molecule has 0 unspecified atom stereocenters. The van der Waals surface area contributed by atoms with Crippen molar-refractivity contribution in [2.75, 3.05) is 5.32 Å². The first-order chi connectivity index (χ1) is 10.1. The predicted octanol–water partition coefficient (Wildman–Crippen LogP) is 3.95. The molecule has 3 aromatic heterocycles. The average molecular weight is 340 g/mol. The first kappa shape index (κ1) is 14.6. The summed E-state index contributed by atoms with van der Waals surface area (Å²) in [4.78, 5) is 4.55. The minimum atomic E-state index is 0.360. The van der Waals surface area contributed by atoms with E-state index in [9.17, 15) is 0 Å². The van der Waals surface area contributed by atoms with Crippen LogP contribution in [-0.2, 0) is 5.75 Å². The highest BCUT2D eigenvalue weighted by Gasteiger charge is 2.08. The summed E-state index contributed by atoms with van der Waals surface area (Å²) in [7, 11) is 0. The summed E-state index contributed by atoms with van der Waals surface area (Å²) in [5.74, 6) is 0.760. The smallest absolute Gasteiger partial charge is 0.206 e. The van der Waals surface area contributed by atoms with Crippen molar-refractivity contribution in [2.45, 2.75) is 30.0 Å². The minimum Gasteiger partial charge on any atom is -0.358 e. The maximum absolute atomic E-state index is 5.97. The van der Waals surface area contributed by atoms with Crippen molar-refractivity contribution in [1.82, 2.24) is 19.6 Å². The molecule has 110 valence electrons. The van der Waals surface area contributed by atoms with Crippen molar-refractivity contribution >= 4 is 45.5 Å². The van der Waals surface area contributed by atoms with Crippen molar-refractivity contribution in [2.24, 2.45) is 0 Å². The fourth-order valence-corrected chi connectivity index (χ4v) is 3.75. The van der Waals surface area contributed by atoms with Crippen LogP contribution in [0, 0.1) is 0 Å². The number of anilines is 1. The molecule has 3 heterocycles. The van der Waals surface area contributed by atoms with Crippen molar-refractivity contribution in [1.29, 1.82) is 0 Å². The van der Waals surface area contributed by atoms with Gasteiger partial charge in [-0.25, -0.2) is 4.98 Å². The molecule has 0 spiro atoms. The number of halogens is 1. The molecule has 0 aliphatic carbocycles. The second-order valence-electron chi connectivity index (χ2n) is 4.81. The Hall–Kier alpha value is -1.31. The average Bonchev–Trinajstić information content (AvgIpc) is 3.01. The zero-order valence-corrected chi connectivity index (χ0v) is 14.0. The molecule has 5 nitrogen and oxygen atoms in total. The van der Waals surface area contributed by atoms with Crippen LogP contribution in [0.4, 0.5) is 5.13 Å². The predicted molar refractivity (Wildman–Crippen MR) is 88.4 cm³/mol. The molecule has 0 saturated carbocycles. The van der Waals surface area contributed by atoms with Gasteiger partial charge in [-0.05, 0) is 26.0 Å². The van der Waals surface area contributed by atoms with Gasteiger partial charge in [0.1, 0.15) is 5.65 Å². The quantitative estimate of drug-likeness (QED) is 0.713. The number of nitrogens with one attached hydrogen (secondary N) is 1. The Morgan fingerprint density at radius 1 is 1.33 bits per heavy atom. The van der Waals surface area contributed by atoms with Gasteiger partial charge in [0.25, 0.3) is 0 Å². The zero-order valence-electron chi connectivity index (χ0n) is 11.6. The zero-order chi connectivity index (χ0) is 14.8. The van der Waals surface area contributed by atoms with Gasteiger partial charge >= 0.3 is 0 Å². The minimum absolute atomic E-state index is 0.360. The maximum Gasteiger partial charge on any atom is 0.206 e. The summed E-state index contributed by atoms with van der Waals surface area (Å²) in [5, 5.41) is 13.1. The van der Waals surface area contributed by atoms with Crippen LogP contribution in [0.1, 0.15) is 19.5 Å². The molecule has 0 bridgehead atoms. The van der Waals surface area contributed by atoms with Gasteiger partial charge in [-0.2, -0.15) is 0 Å². The number of hydrogen-bond donors (Lipinski definition) is 1. The maximum atomic E-state index is 5.97. The van der Waals surface area contributed by atoms with E-state index in [1.165, 1.54) is 0 Å². The third-order valence-electron chi connectivity index (χ3n) is 2.63. The van der Waals surface area contributed by atoms with Gasteiger partial charge in [0.05, 0.1) is 10.7 Å². The van der Waals surface area contributed by atoms with Crippen molar-refractivity contribution in [3.63, 3.8) is 0 Å². The molecule has 3 rings (SSSR count). The number of fused-ring (bicyclic) bond motifs is 1. The Labute approximate surface area is 135 Å². The number of nitrogens with zero attached hydrogens (tertiary/aromatic N) is 4. The van der Waals surface area contributed by atoms with E-state index in [2.05, 4.69) is 34.3 Å². The number of aromatic nitrogens is 4. The van der Waals surface area contributed by atoms with E-state index in [4.69, 9.17) is 11.6 Å². The summed E-state index contributed by atoms with van der Waals surface area (Å²) in [6.07, 6.45) is 3.84. The molecule has 8 heteroatoms. The molecular formula is C13H14ClN5S2. The van der Waals surface area contributed by atoms with Gasteiger partial charge in [0.15, 0.2) is 4.34 Å². The molecule has 0 aliphatic rings. The monoisotopic (exact) mass is 339 g/mol. The molecule has 3 aromatic rings. The number of thioether (sulfide) groups is 1. The third kappa shape index (κ3) is 3.66. The molecule has 0 fully saturated rings. The van der Waals surface area contributed by atoms with Gasteiger partial charge in [0, 0.05) is 24.2 Å². The van der Waals surface area contributed by atoms with Gasteiger partial charge in [-0.15, -0.1) is 10.2 Å². The highest BCUT2D eigenvalue weighted by atomic mass is 35.5. The summed E-state index contributed by atoms with van der Waals surface area (Å²) in [6.45, 7) is 4.16. The number of hydrogen-bond acceptors (Lipinski definition) is 6. The highest BCUT2D eigenvalue weighted by Crippen LogP contribution is 2.28. The molecule has 0 aliphatic heterocycles. The third-order valence-corrected chi connectivity index (χ3v) is 4.87. The molecular weight excluding hydrogens is 326 g/mol.